The predicted molar refractivity (Wildman–Crippen MR) is 18.7 cm³/mol. The summed E-state index contributed by atoms with van der Waals surface area (Å²) in [4.78, 5) is 0. The van der Waals surface area contributed by atoms with E-state index in [2.05, 4.69) is 0 Å². The standard InChI is InChI=1S/C2HF3.ClH/c3-1-2(4)5;/h1H;1H. The molecule has 0 spiro atoms. The third-order valence-electron chi connectivity index (χ3n) is 0.0825. The molecule has 0 fully saturated rings. The molecule has 6 heavy (non-hydrogen) atoms. The van der Waals surface area contributed by atoms with Crippen LogP contribution in [0.1, 0.15) is 0 Å². The van der Waals surface area contributed by atoms with Crippen molar-refractivity contribution in [2.24, 2.45) is 0 Å². The normalized spacial score (nSPS) is 5.83. The minimum absolute atomic E-state index is 0. The molecule has 0 saturated carbocycles. The van der Waals surface area contributed by atoms with Gasteiger partial charge < -0.3 is 0 Å². The van der Waals surface area contributed by atoms with Crippen molar-refractivity contribution in [1.82, 2.24) is 0 Å². The van der Waals surface area contributed by atoms with Gasteiger partial charge in [0.1, 0.15) is 0 Å². The second kappa shape index (κ2) is 4.82. The van der Waals surface area contributed by atoms with Crippen LogP contribution in [-0.2, 0) is 0 Å². The second-order valence-corrected chi connectivity index (χ2v) is 0.399. The van der Waals surface area contributed by atoms with Gasteiger partial charge in [0.25, 0.3) is 6.08 Å². The van der Waals surface area contributed by atoms with E-state index < -0.39 is 12.4 Å². The summed E-state index contributed by atoms with van der Waals surface area (Å²) in [5.41, 5.74) is 0. The van der Waals surface area contributed by atoms with Crippen LogP contribution >= 0.6 is 12.4 Å². The maximum absolute atomic E-state index is 10.2. The zero-order valence-electron chi connectivity index (χ0n) is 2.62. The molecule has 0 aromatic rings. The van der Waals surface area contributed by atoms with Crippen molar-refractivity contribution in [2.75, 3.05) is 0 Å². The van der Waals surface area contributed by atoms with Crippen LogP contribution in [0.5, 0.6) is 0 Å². The molecule has 38 valence electrons. The van der Waals surface area contributed by atoms with E-state index in [4.69, 9.17) is 0 Å². The van der Waals surface area contributed by atoms with Crippen molar-refractivity contribution in [3.8, 4) is 0 Å². The summed E-state index contributed by atoms with van der Waals surface area (Å²) >= 11 is 0. The smallest absolute Gasteiger partial charge is 0.210 e. The van der Waals surface area contributed by atoms with Crippen molar-refractivity contribution in [3.05, 3.63) is 12.4 Å². The lowest BCUT2D eigenvalue weighted by molar-refractivity contribution is 0.400. The molecule has 0 nitrogen and oxygen atoms in total. The van der Waals surface area contributed by atoms with Gasteiger partial charge in [-0.05, 0) is 0 Å². The molecule has 0 aliphatic heterocycles. The average Bonchev–Trinajstić information content (AvgIpc) is 1.38. The molecule has 0 saturated heterocycles. The molecule has 0 bridgehead atoms. The Bertz CT molecular complexity index is 46.8. The number of hydrogen-bond acceptors (Lipinski definition) is 0. The van der Waals surface area contributed by atoms with Gasteiger partial charge in [-0.1, -0.05) is 0 Å². The molecule has 0 aliphatic rings. The Morgan fingerprint density at radius 1 is 1.33 bits per heavy atom. The second-order valence-electron chi connectivity index (χ2n) is 0.399. The van der Waals surface area contributed by atoms with E-state index in [0.29, 0.717) is 0 Å². The number of halogens is 4. The third kappa shape index (κ3) is 9.17. The van der Waals surface area contributed by atoms with Crippen LogP contribution in [0.2, 0.25) is 0 Å². The zero-order valence-corrected chi connectivity index (χ0v) is 3.44. The monoisotopic (exact) mass is 118 g/mol. The topological polar surface area (TPSA) is 0 Å². The summed E-state index contributed by atoms with van der Waals surface area (Å²) in [6.45, 7) is 0. The maximum atomic E-state index is 10.2. The molecular formula is C2H2ClF3. The first kappa shape index (κ1) is 9.27. The van der Waals surface area contributed by atoms with Gasteiger partial charge in [0.05, 0.1) is 0 Å². The van der Waals surface area contributed by atoms with Gasteiger partial charge in [-0.3, -0.25) is 0 Å². The molecule has 0 aliphatic carbocycles. The Kier molecular flexibility index (Phi) is 7.44. The van der Waals surface area contributed by atoms with Crippen LogP contribution in [0, 0.1) is 0 Å². The molecule has 0 radical (unpaired) electrons. The summed E-state index contributed by atoms with van der Waals surface area (Å²) in [7, 11) is 0. The first-order valence-corrected chi connectivity index (χ1v) is 0.885. The molecule has 0 aromatic carbocycles. The van der Waals surface area contributed by atoms with Gasteiger partial charge >= 0.3 is 0 Å². The fourth-order valence-corrected chi connectivity index (χ4v) is 0. The predicted octanol–water partition coefficient (Wildman–Crippen LogP) is 2.12. The SMILES string of the molecule is Cl.FC=C(F)F. The van der Waals surface area contributed by atoms with Gasteiger partial charge in [-0.25, -0.2) is 4.39 Å². The van der Waals surface area contributed by atoms with Crippen LogP contribution in [-0.4, -0.2) is 0 Å². The minimum atomic E-state index is -2.29. The van der Waals surface area contributed by atoms with E-state index in [9.17, 15) is 13.2 Å². The van der Waals surface area contributed by atoms with Crippen molar-refractivity contribution in [1.29, 1.82) is 0 Å². The molecule has 0 N–H and O–H groups in total. The molecule has 0 aromatic heterocycles. The van der Waals surface area contributed by atoms with Gasteiger partial charge in [-0.2, -0.15) is 8.78 Å². The van der Waals surface area contributed by atoms with E-state index in [1.807, 2.05) is 0 Å². The highest BCUT2D eigenvalue weighted by Crippen LogP contribution is 1.93. The Hall–Kier alpha value is -0.180. The number of rotatable bonds is 0. The molecular weight excluding hydrogens is 116 g/mol. The average molecular weight is 118 g/mol. The van der Waals surface area contributed by atoms with Crippen LogP contribution in [0.4, 0.5) is 13.2 Å². The summed E-state index contributed by atoms with van der Waals surface area (Å²) in [5, 5.41) is 0. The van der Waals surface area contributed by atoms with Crippen LogP contribution in [0.15, 0.2) is 12.4 Å². The summed E-state index contributed by atoms with van der Waals surface area (Å²) in [6, 6.07) is 0. The lowest BCUT2D eigenvalue weighted by Gasteiger charge is -1.59. The Balaban J connectivity index is 0. The van der Waals surface area contributed by atoms with E-state index >= 15 is 0 Å². The molecule has 0 heterocycles. The fourth-order valence-electron chi connectivity index (χ4n) is 0. The van der Waals surface area contributed by atoms with Gasteiger partial charge in [-0.15, -0.1) is 12.4 Å². The Morgan fingerprint density at radius 3 is 1.50 bits per heavy atom. The highest BCUT2D eigenvalue weighted by atomic mass is 35.5. The van der Waals surface area contributed by atoms with E-state index in [0.717, 1.165) is 0 Å². The lowest BCUT2D eigenvalue weighted by Crippen LogP contribution is -1.42. The molecule has 0 atom stereocenters. The van der Waals surface area contributed by atoms with Gasteiger partial charge in [0, 0.05) is 0 Å². The van der Waals surface area contributed by atoms with E-state index in [-0.39, 0.29) is 12.4 Å². The first-order valence-electron chi connectivity index (χ1n) is 0.885. The summed E-state index contributed by atoms with van der Waals surface area (Å²) < 4.78 is 30.7. The fraction of sp³-hybridized carbons (Fsp3) is 0. The van der Waals surface area contributed by atoms with Crippen molar-refractivity contribution < 1.29 is 13.2 Å². The largest absolute Gasteiger partial charge is 0.298 e. The Morgan fingerprint density at radius 2 is 1.50 bits per heavy atom. The highest BCUT2D eigenvalue weighted by molar-refractivity contribution is 5.85. The molecule has 0 unspecified atom stereocenters. The Labute approximate surface area is 39.1 Å². The molecule has 0 amide bonds. The molecule has 0 rings (SSSR count). The zero-order chi connectivity index (χ0) is 4.28. The highest BCUT2D eigenvalue weighted by Gasteiger charge is 1.78. The van der Waals surface area contributed by atoms with Gasteiger partial charge in [0.2, 0.25) is 0 Å². The van der Waals surface area contributed by atoms with E-state index in [1.165, 1.54) is 0 Å². The lowest BCUT2D eigenvalue weighted by atomic mass is 11.1. The van der Waals surface area contributed by atoms with Crippen molar-refractivity contribution in [2.45, 2.75) is 0 Å². The van der Waals surface area contributed by atoms with Crippen molar-refractivity contribution in [3.63, 3.8) is 0 Å². The third-order valence-corrected chi connectivity index (χ3v) is 0.0825. The summed E-state index contributed by atoms with van der Waals surface area (Å²) in [6.07, 6.45) is -3.04. The van der Waals surface area contributed by atoms with Crippen LogP contribution in [0.3, 0.4) is 0 Å². The quantitative estimate of drug-likeness (QED) is 0.457. The van der Waals surface area contributed by atoms with Crippen molar-refractivity contribution >= 4 is 12.4 Å². The van der Waals surface area contributed by atoms with Crippen LogP contribution in [0.25, 0.3) is 0 Å². The maximum Gasteiger partial charge on any atom is 0.298 e. The van der Waals surface area contributed by atoms with E-state index in [1.54, 1.807) is 0 Å². The van der Waals surface area contributed by atoms with Gasteiger partial charge in [0.15, 0.2) is 6.33 Å². The number of hydrogen-bond donors (Lipinski definition) is 0. The summed E-state index contributed by atoms with van der Waals surface area (Å²) in [5.74, 6) is 0. The van der Waals surface area contributed by atoms with Crippen LogP contribution < -0.4 is 0 Å². The minimum Gasteiger partial charge on any atom is -0.210 e. The first-order chi connectivity index (χ1) is 2.27. The molecule has 4 heteroatoms.